The summed E-state index contributed by atoms with van der Waals surface area (Å²) in [5.74, 6) is 1.38. The molecule has 6 rings (SSSR count). The fourth-order valence-corrected chi connectivity index (χ4v) is 5.94. The summed E-state index contributed by atoms with van der Waals surface area (Å²) in [5, 5.41) is 6.50. The smallest absolute Gasteiger partial charge is 0.253 e. The lowest BCUT2D eigenvalue weighted by Gasteiger charge is -2.24. The Morgan fingerprint density at radius 1 is 0.929 bits per heavy atom. The van der Waals surface area contributed by atoms with Crippen LogP contribution in [0, 0.1) is 6.92 Å². The van der Waals surface area contributed by atoms with Gasteiger partial charge in [-0.2, -0.15) is 0 Å². The summed E-state index contributed by atoms with van der Waals surface area (Å²) in [6, 6.07) is 13.9. The first-order valence-electron chi connectivity index (χ1n) is 13.9. The summed E-state index contributed by atoms with van der Waals surface area (Å²) >= 11 is 3.62. The number of amides is 1. The zero-order valence-electron chi connectivity index (χ0n) is 23.5. The van der Waals surface area contributed by atoms with Gasteiger partial charge in [0.1, 0.15) is 18.1 Å². The maximum Gasteiger partial charge on any atom is 0.253 e. The molecule has 0 spiro atoms. The number of methoxy groups -OCH3 is 1. The molecule has 9 heteroatoms. The number of rotatable bonds is 7. The fourth-order valence-electron chi connectivity index (χ4n) is 5.45. The highest BCUT2D eigenvalue weighted by atomic mass is 79.9. The number of aromatic nitrogens is 2. The maximum absolute atomic E-state index is 13.1. The monoisotopic (exact) mass is 626 g/mol. The Morgan fingerprint density at radius 3 is 2.50 bits per heavy atom. The van der Waals surface area contributed by atoms with Crippen LogP contribution in [0.1, 0.15) is 35.1 Å². The number of hydrogen-bond acceptors (Lipinski definition) is 6. The minimum absolute atomic E-state index is 0.00927. The van der Waals surface area contributed by atoms with Gasteiger partial charge in [-0.05, 0) is 103 Å². The predicted octanol–water partition coefficient (Wildman–Crippen LogP) is 6.40. The molecule has 0 bridgehead atoms. The van der Waals surface area contributed by atoms with E-state index in [0.29, 0.717) is 37.3 Å². The van der Waals surface area contributed by atoms with Gasteiger partial charge in [0, 0.05) is 47.3 Å². The van der Waals surface area contributed by atoms with Gasteiger partial charge in [-0.3, -0.25) is 14.6 Å². The second-order valence-electron chi connectivity index (χ2n) is 10.6. The number of benzene rings is 2. The van der Waals surface area contributed by atoms with E-state index in [2.05, 4.69) is 49.8 Å². The molecule has 2 N–H and O–H groups in total. The SMILES string of the molecule is COc1cc(-c2cc(C)c(=O)n(CC=C3CCc4cc(Br)cc(OCc5ccncc5)c4N3)c2)cc2c1NC(=O)CC2. The number of allylic oxidation sites excluding steroid dienone is 2. The topological polar surface area (TPSA) is 94.5 Å². The number of ether oxygens (including phenoxy) is 2. The first kappa shape index (κ1) is 27.8. The van der Waals surface area contributed by atoms with Gasteiger partial charge >= 0.3 is 0 Å². The summed E-state index contributed by atoms with van der Waals surface area (Å²) in [6.45, 7) is 2.70. The van der Waals surface area contributed by atoms with Crippen molar-refractivity contribution in [2.75, 3.05) is 17.7 Å². The molecular weight excluding hydrogens is 596 g/mol. The van der Waals surface area contributed by atoms with Crippen LogP contribution in [-0.4, -0.2) is 22.6 Å². The number of nitrogens with zero attached hydrogens (tertiary/aromatic N) is 2. The van der Waals surface area contributed by atoms with Crippen molar-refractivity contribution in [3.05, 3.63) is 110 Å². The van der Waals surface area contributed by atoms with Crippen LogP contribution in [0.4, 0.5) is 11.4 Å². The van der Waals surface area contributed by atoms with Crippen molar-refractivity contribution in [1.29, 1.82) is 0 Å². The Balaban J connectivity index is 1.26. The van der Waals surface area contributed by atoms with Gasteiger partial charge in [0.2, 0.25) is 5.91 Å². The van der Waals surface area contributed by atoms with Crippen LogP contribution in [0.3, 0.4) is 0 Å². The Hall–Kier alpha value is -4.37. The summed E-state index contributed by atoms with van der Waals surface area (Å²) in [4.78, 5) is 29.2. The number of halogens is 1. The van der Waals surface area contributed by atoms with Gasteiger partial charge in [0.05, 0.1) is 18.5 Å². The number of hydrogen-bond donors (Lipinski definition) is 2. The van der Waals surface area contributed by atoms with Gasteiger partial charge in [-0.25, -0.2) is 0 Å². The van der Waals surface area contributed by atoms with E-state index in [-0.39, 0.29) is 11.5 Å². The lowest BCUT2D eigenvalue weighted by molar-refractivity contribution is -0.116. The first-order chi connectivity index (χ1) is 20.4. The largest absolute Gasteiger partial charge is 0.495 e. The predicted molar refractivity (Wildman–Crippen MR) is 167 cm³/mol. The third-order valence-corrected chi connectivity index (χ3v) is 8.12. The van der Waals surface area contributed by atoms with Crippen molar-refractivity contribution in [3.8, 4) is 22.6 Å². The zero-order chi connectivity index (χ0) is 29.2. The average molecular weight is 628 g/mol. The van der Waals surface area contributed by atoms with E-state index >= 15 is 0 Å². The standard InChI is InChI=1S/C33H31BrN4O4/c1-20-13-25(24-14-22-4-6-30(39)37-31(22)28(16-24)41-2)18-38(33(20)40)12-9-27-5-3-23-15-26(34)17-29(32(23)36-27)42-19-21-7-10-35-11-8-21/h7-11,13-18,36H,3-6,12,19H2,1-2H3,(H,37,39). The summed E-state index contributed by atoms with van der Waals surface area (Å²) in [5.41, 5.74) is 8.46. The Morgan fingerprint density at radius 2 is 1.69 bits per heavy atom. The number of aryl methyl sites for hydroxylation is 3. The second kappa shape index (κ2) is 11.9. The molecule has 0 saturated heterocycles. The molecular formula is C33H31BrN4O4. The number of carbonyl (C=O) groups is 1. The van der Waals surface area contributed by atoms with Crippen LogP contribution in [-0.2, 0) is 30.8 Å². The second-order valence-corrected chi connectivity index (χ2v) is 11.5. The highest BCUT2D eigenvalue weighted by molar-refractivity contribution is 9.10. The molecule has 2 aromatic carbocycles. The van der Waals surface area contributed by atoms with Gasteiger partial charge in [-0.1, -0.05) is 15.9 Å². The first-order valence-corrected chi connectivity index (χ1v) is 14.7. The molecule has 1 amide bonds. The van der Waals surface area contributed by atoms with Crippen molar-refractivity contribution in [2.24, 2.45) is 0 Å². The van der Waals surface area contributed by atoms with Crippen molar-refractivity contribution < 1.29 is 14.3 Å². The van der Waals surface area contributed by atoms with E-state index in [1.54, 1.807) is 24.1 Å². The number of nitrogens with one attached hydrogen (secondary N) is 2. The van der Waals surface area contributed by atoms with Crippen LogP contribution < -0.4 is 25.7 Å². The van der Waals surface area contributed by atoms with Crippen LogP contribution in [0.5, 0.6) is 11.5 Å². The molecule has 2 aliphatic heterocycles. The third kappa shape index (κ3) is 5.83. The normalized spacial score (nSPS) is 14.9. The highest BCUT2D eigenvalue weighted by Crippen LogP contribution is 2.39. The molecule has 4 heterocycles. The van der Waals surface area contributed by atoms with Crippen LogP contribution in [0.2, 0.25) is 0 Å². The fraction of sp³-hybridized carbons (Fsp3) is 0.242. The summed E-state index contributed by atoms with van der Waals surface area (Å²) < 4.78 is 14.5. The van der Waals surface area contributed by atoms with Crippen LogP contribution in [0.25, 0.3) is 11.1 Å². The van der Waals surface area contributed by atoms with Gasteiger partial charge in [-0.15, -0.1) is 0 Å². The van der Waals surface area contributed by atoms with E-state index in [4.69, 9.17) is 9.47 Å². The summed E-state index contributed by atoms with van der Waals surface area (Å²) in [6.07, 6.45) is 10.3. The number of fused-ring (bicyclic) bond motifs is 2. The molecule has 0 fully saturated rings. The quantitative estimate of drug-likeness (QED) is 0.247. The van der Waals surface area contributed by atoms with E-state index in [1.165, 1.54) is 5.56 Å². The molecule has 8 nitrogen and oxygen atoms in total. The number of pyridine rings is 2. The van der Waals surface area contributed by atoms with Gasteiger partial charge in [0.25, 0.3) is 5.56 Å². The molecule has 4 aromatic rings. The Bertz CT molecular complexity index is 1750. The maximum atomic E-state index is 13.1. The Kier molecular flexibility index (Phi) is 7.84. The average Bonchev–Trinajstić information content (AvgIpc) is 3.00. The number of anilines is 2. The Labute approximate surface area is 252 Å². The molecule has 0 atom stereocenters. The van der Waals surface area contributed by atoms with Crippen molar-refractivity contribution in [2.45, 2.75) is 45.8 Å². The lowest BCUT2D eigenvalue weighted by Crippen LogP contribution is -2.22. The zero-order valence-corrected chi connectivity index (χ0v) is 25.1. The summed E-state index contributed by atoms with van der Waals surface area (Å²) in [7, 11) is 1.60. The van der Waals surface area contributed by atoms with Crippen molar-refractivity contribution in [3.63, 3.8) is 0 Å². The molecule has 2 aliphatic rings. The molecule has 0 radical (unpaired) electrons. The van der Waals surface area contributed by atoms with E-state index < -0.39 is 0 Å². The molecule has 0 unspecified atom stereocenters. The van der Waals surface area contributed by atoms with Crippen LogP contribution >= 0.6 is 15.9 Å². The van der Waals surface area contributed by atoms with E-state index in [1.807, 2.05) is 43.5 Å². The molecule has 2 aromatic heterocycles. The minimum atomic E-state index is -0.0331. The van der Waals surface area contributed by atoms with E-state index in [9.17, 15) is 9.59 Å². The molecule has 0 aliphatic carbocycles. The third-order valence-electron chi connectivity index (χ3n) is 7.66. The molecule has 42 heavy (non-hydrogen) atoms. The van der Waals surface area contributed by atoms with Gasteiger partial charge < -0.3 is 24.7 Å². The van der Waals surface area contributed by atoms with Crippen molar-refractivity contribution >= 4 is 33.2 Å². The van der Waals surface area contributed by atoms with Crippen molar-refractivity contribution in [1.82, 2.24) is 9.55 Å². The minimum Gasteiger partial charge on any atom is -0.495 e. The van der Waals surface area contributed by atoms with Gasteiger partial charge in [0.15, 0.2) is 0 Å². The van der Waals surface area contributed by atoms with E-state index in [0.717, 1.165) is 62.4 Å². The lowest BCUT2D eigenvalue weighted by atomic mass is 9.96. The number of carbonyl (C=O) groups excluding carboxylic acids is 1. The molecule has 0 saturated carbocycles. The van der Waals surface area contributed by atoms with Crippen LogP contribution in [0.15, 0.2) is 82.1 Å². The highest BCUT2D eigenvalue weighted by Gasteiger charge is 2.21. The molecule has 214 valence electrons.